The number of aromatic nitrogens is 2. The zero-order valence-electron chi connectivity index (χ0n) is 11.0. The summed E-state index contributed by atoms with van der Waals surface area (Å²) in [5.74, 6) is 2.02. The van der Waals surface area contributed by atoms with E-state index < -0.39 is 0 Å². The van der Waals surface area contributed by atoms with Crippen LogP contribution in [0.4, 0.5) is 0 Å². The minimum Gasteiger partial charge on any atom is -0.493 e. The third kappa shape index (κ3) is 2.82. The molecule has 2 N–H and O–H groups in total. The van der Waals surface area contributed by atoms with Crippen LogP contribution in [-0.2, 0) is 0 Å². The van der Waals surface area contributed by atoms with Crippen molar-refractivity contribution in [1.82, 2.24) is 9.97 Å². The Morgan fingerprint density at radius 1 is 1.11 bits per heavy atom. The second kappa shape index (κ2) is 6.15. The Labute approximate surface area is 112 Å². The summed E-state index contributed by atoms with van der Waals surface area (Å²) in [5.41, 5.74) is 6.85. The van der Waals surface area contributed by atoms with Crippen molar-refractivity contribution in [3.8, 4) is 11.5 Å². The fourth-order valence-electron chi connectivity index (χ4n) is 1.95. The molecule has 2 aromatic rings. The average Bonchev–Trinajstić information content (AvgIpc) is 2.49. The second-order valence-corrected chi connectivity index (χ2v) is 4.01. The molecule has 0 saturated carbocycles. The average molecular weight is 259 g/mol. The molecule has 1 aromatic carbocycles. The lowest BCUT2D eigenvalue weighted by molar-refractivity contribution is 0.354. The minimum absolute atomic E-state index is 0.0546. The van der Waals surface area contributed by atoms with Gasteiger partial charge in [0.25, 0.3) is 0 Å². The SMILES string of the molecule is COc1ccc(C(CN)c2ncccn2)cc1OC. The highest BCUT2D eigenvalue weighted by molar-refractivity contribution is 5.45. The van der Waals surface area contributed by atoms with Gasteiger partial charge in [0.2, 0.25) is 0 Å². The van der Waals surface area contributed by atoms with E-state index in [2.05, 4.69) is 9.97 Å². The van der Waals surface area contributed by atoms with E-state index in [1.807, 2.05) is 18.2 Å². The van der Waals surface area contributed by atoms with E-state index in [9.17, 15) is 0 Å². The van der Waals surface area contributed by atoms with Gasteiger partial charge in [0.05, 0.1) is 20.1 Å². The van der Waals surface area contributed by atoms with Gasteiger partial charge in [-0.3, -0.25) is 0 Å². The van der Waals surface area contributed by atoms with E-state index in [1.54, 1.807) is 32.7 Å². The first-order chi connectivity index (χ1) is 9.30. The van der Waals surface area contributed by atoms with Crippen molar-refractivity contribution >= 4 is 0 Å². The third-order valence-corrected chi connectivity index (χ3v) is 2.94. The van der Waals surface area contributed by atoms with E-state index in [4.69, 9.17) is 15.2 Å². The molecule has 1 unspecified atom stereocenters. The molecule has 1 atom stereocenters. The molecule has 5 nitrogen and oxygen atoms in total. The molecule has 19 heavy (non-hydrogen) atoms. The molecular formula is C14H17N3O2. The van der Waals surface area contributed by atoms with Crippen LogP contribution in [0.3, 0.4) is 0 Å². The highest BCUT2D eigenvalue weighted by Gasteiger charge is 2.17. The first kappa shape index (κ1) is 13.3. The first-order valence-corrected chi connectivity index (χ1v) is 5.99. The first-order valence-electron chi connectivity index (χ1n) is 5.99. The summed E-state index contributed by atoms with van der Waals surface area (Å²) in [7, 11) is 3.22. The quantitative estimate of drug-likeness (QED) is 0.882. The van der Waals surface area contributed by atoms with E-state index in [0.717, 1.165) is 5.56 Å². The van der Waals surface area contributed by atoms with E-state index in [0.29, 0.717) is 23.9 Å². The predicted molar refractivity (Wildman–Crippen MR) is 72.5 cm³/mol. The number of ether oxygens (including phenoxy) is 2. The Morgan fingerprint density at radius 2 is 1.79 bits per heavy atom. The summed E-state index contributed by atoms with van der Waals surface area (Å²) in [4.78, 5) is 8.52. The Bertz CT molecular complexity index is 531. The summed E-state index contributed by atoms with van der Waals surface area (Å²) in [5, 5.41) is 0. The van der Waals surface area contributed by atoms with Gasteiger partial charge in [-0.15, -0.1) is 0 Å². The fourth-order valence-corrected chi connectivity index (χ4v) is 1.95. The smallest absolute Gasteiger partial charge is 0.161 e. The Balaban J connectivity index is 2.39. The molecule has 0 amide bonds. The van der Waals surface area contributed by atoms with Crippen LogP contribution in [0.2, 0.25) is 0 Å². The van der Waals surface area contributed by atoms with Crippen molar-refractivity contribution < 1.29 is 9.47 Å². The highest BCUT2D eigenvalue weighted by Crippen LogP contribution is 2.31. The van der Waals surface area contributed by atoms with Crippen LogP contribution in [0.25, 0.3) is 0 Å². The molecule has 2 rings (SSSR count). The van der Waals surface area contributed by atoms with E-state index in [1.165, 1.54) is 0 Å². The van der Waals surface area contributed by atoms with Crippen LogP contribution in [-0.4, -0.2) is 30.7 Å². The van der Waals surface area contributed by atoms with Gasteiger partial charge in [-0.1, -0.05) is 6.07 Å². The van der Waals surface area contributed by atoms with Crippen LogP contribution in [0.5, 0.6) is 11.5 Å². The molecule has 0 aliphatic carbocycles. The molecule has 0 aliphatic heterocycles. The largest absolute Gasteiger partial charge is 0.493 e. The van der Waals surface area contributed by atoms with Gasteiger partial charge < -0.3 is 15.2 Å². The number of benzene rings is 1. The summed E-state index contributed by atoms with van der Waals surface area (Å²) in [6, 6.07) is 7.51. The molecule has 0 saturated heterocycles. The zero-order chi connectivity index (χ0) is 13.7. The highest BCUT2D eigenvalue weighted by atomic mass is 16.5. The topological polar surface area (TPSA) is 70.3 Å². The maximum Gasteiger partial charge on any atom is 0.161 e. The molecule has 5 heteroatoms. The molecule has 0 bridgehead atoms. The van der Waals surface area contributed by atoms with Gasteiger partial charge in [0, 0.05) is 18.9 Å². The molecule has 0 spiro atoms. The van der Waals surface area contributed by atoms with Crippen molar-refractivity contribution in [3.05, 3.63) is 48.0 Å². The number of hydrogen-bond donors (Lipinski definition) is 1. The molecule has 0 radical (unpaired) electrons. The molecule has 0 fully saturated rings. The maximum atomic E-state index is 5.85. The summed E-state index contributed by atoms with van der Waals surface area (Å²) in [6.07, 6.45) is 3.43. The standard InChI is InChI=1S/C14H17N3O2/c1-18-12-5-4-10(8-13(12)19-2)11(9-15)14-16-6-3-7-17-14/h3-8,11H,9,15H2,1-2H3. The Hall–Kier alpha value is -2.14. The summed E-state index contributed by atoms with van der Waals surface area (Å²) < 4.78 is 10.5. The van der Waals surface area contributed by atoms with Crippen LogP contribution in [0, 0.1) is 0 Å². The number of methoxy groups -OCH3 is 2. The van der Waals surface area contributed by atoms with Crippen LogP contribution in [0.15, 0.2) is 36.7 Å². The fraction of sp³-hybridized carbons (Fsp3) is 0.286. The lowest BCUT2D eigenvalue weighted by Gasteiger charge is -2.16. The van der Waals surface area contributed by atoms with Crippen molar-refractivity contribution in [2.45, 2.75) is 5.92 Å². The van der Waals surface area contributed by atoms with Gasteiger partial charge in [-0.25, -0.2) is 9.97 Å². The lowest BCUT2D eigenvalue weighted by Crippen LogP contribution is -2.16. The number of hydrogen-bond acceptors (Lipinski definition) is 5. The number of rotatable bonds is 5. The second-order valence-electron chi connectivity index (χ2n) is 4.01. The van der Waals surface area contributed by atoms with E-state index in [-0.39, 0.29) is 5.92 Å². The molecular weight excluding hydrogens is 242 g/mol. The summed E-state index contributed by atoms with van der Waals surface area (Å²) >= 11 is 0. The predicted octanol–water partition coefficient (Wildman–Crippen LogP) is 1.58. The van der Waals surface area contributed by atoms with Crippen LogP contribution < -0.4 is 15.2 Å². The van der Waals surface area contributed by atoms with E-state index >= 15 is 0 Å². The van der Waals surface area contributed by atoms with Crippen molar-refractivity contribution in [1.29, 1.82) is 0 Å². The third-order valence-electron chi connectivity index (χ3n) is 2.94. The van der Waals surface area contributed by atoms with Crippen molar-refractivity contribution in [2.75, 3.05) is 20.8 Å². The van der Waals surface area contributed by atoms with Gasteiger partial charge in [0.1, 0.15) is 5.82 Å². The number of nitrogens with zero attached hydrogens (tertiary/aromatic N) is 2. The molecule has 1 heterocycles. The van der Waals surface area contributed by atoms with Gasteiger partial charge in [-0.05, 0) is 23.8 Å². The monoisotopic (exact) mass is 259 g/mol. The molecule has 0 aliphatic rings. The summed E-state index contributed by atoms with van der Waals surface area (Å²) in [6.45, 7) is 0.430. The van der Waals surface area contributed by atoms with Crippen molar-refractivity contribution in [3.63, 3.8) is 0 Å². The van der Waals surface area contributed by atoms with Crippen LogP contribution >= 0.6 is 0 Å². The zero-order valence-corrected chi connectivity index (χ0v) is 11.0. The van der Waals surface area contributed by atoms with Gasteiger partial charge >= 0.3 is 0 Å². The maximum absolute atomic E-state index is 5.85. The Morgan fingerprint density at radius 3 is 2.37 bits per heavy atom. The normalized spacial score (nSPS) is 11.9. The Kier molecular flexibility index (Phi) is 4.30. The minimum atomic E-state index is -0.0546. The molecule has 100 valence electrons. The van der Waals surface area contributed by atoms with Gasteiger partial charge in [-0.2, -0.15) is 0 Å². The van der Waals surface area contributed by atoms with Gasteiger partial charge in [0.15, 0.2) is 11.5 Å². The number of nitrogens with two attached hydrogens (primary N) is 1. The molecule has 1 aromatic heterocycles. The van der Waals surface area contributed by atoms with Crippen molar-refractivity contribution in [2.24, 2.45) is 5.73 Å². The van der Waals surface area contributed by atoms with Crippen LogP contribution in [0.1, 0.15) is 17.3 Å². The lowest BCUT2D eigenvalue weighted by atomic mass is 9.98.